The Bertz CT molecular complexity index is 366. The second kappa shape index (κ2) is 7.37. The molecule has 0 fully saturated rings. The fourth-order valence-electron chi connectivity index (χ4n) is 1.99. The Morgan fingerprint density at radius 2 is 2.00 bits per heavy atom. The van der Waals surface area contributed by atoms with Crippen molar-refractivity contribution < 1.29 is 9.50 Å². The molecule has 1 N–H and O–H groups in total. The van der Waals surface area contributed by atoms with Crippen LogP contribution in [-0.2, 0) is 6.54 Å². The number of phenolic OH excluding ortho intramolecular Hbond substituents is 1. The Morgan fingerprint density at radius 1 is 1.28 bits per heavy atom. The fourth-order valence-corrected chi connectivity index (χ4v) is 1.99. The van der Waals surface area contributed by atoms with E-state index in [0.717, 1.165) is 13.0 Å². The number of hydrogen-bond donors (Lipinski definition) is 1. The van der Waals surface area contributed by atoms with Gasteiger partial charge in [0.05, 0.1) is 0 Å². The molecule has 0 aliphatic carbocycles. The summed E-state index contributed by atoms with van der Waals surface area (Å²) >= 11 is 0. The number of phenols is 1. The fraction of sp³-hybridized carbons (Fsp3) is 0.600. The third kappa shape index (κ3) is 4.30. The van der Waals surface area contributed by atoms with Gasteiger partial charge >= 0.3 is 0 Å². The first kappa shape index (κ1) is 15.0. The van der Waals surface area contributed by atoms with Crippen LogP contribution < -0.4 is 0 Å². The number of para-hydroxylation sites is 1. The number of rotatable bonds is 7. The Kier molecular flexibility index (Phi) is 6.13. The van der Waals surface area contributed by atoms with Gasteiger partial charge in [0, 0.05) is 18.2 Å². The zero-order valence-electron chi connectivity index (χ0n) is 11.6. The van der Waals surface area contributed by atoms with E-state index in [9.17, 15) is 9.50 Å². The molecule has 2 nitrogen and oxygen atoms in total. The molecule has 3 heteroatoms. The molecule has 0 saturated carbocycles. The lowest BCUT2D eigenvalue weighted by atomic mass is 10.1. The van der Waals surface area contributed by atoms with Crippen LogP contribution in [0.4, 0.5) is 4.39 Å². The number of hydrogen-bond acceptors (Lipinski definition) is 2. The van der Waals surface area contributed by atoms with Gasteiger partial charge in [0.2, 0.25) is 0 Å². The van der Waals surface area contributed by atoms with E-state index in [1.54, 1.807) is 12.1 Å². The standard InChI is InChI=1S/C15H24FNO/c1-4-5-6-10-17(12(2)3)11-13-8-7-9-14(16)15(13)18/h7-9,12,18H,4-6,10-11H2,1-3H3. The summed E-state index contributed by atoms with van der Waals surface area (Å²) in [6.07, 6.45) is 3.54. The third-order valence-electron chi connectivity index (χ3n) is 3.22. The quantitative estimate of drug-likeness (QED) is 0.744. The van der Waals surface area contributed by atoms with Gasteiger partial charge in [-0.2, -0.15) is 0 Å². The summed E-state index contributed by atoms with van der Waals surface area (Å²) in [4.78, 5) is 2.27. The minimum atomic E-state index is -0.537. The number of unbranched alkanes of at least 4 members (excludes halogenated alkanes) is 2. The zero-order valence-corrected chi connectivity index (χ0v) is 11.6. The Morgan fingerprint density at radius 3 is 2.61 bits per heavy atom. The summed E-state index contributed by atoms with van der Waals surface area (Å²) in [6, 6.07) is 5.11. The van der Waals surface area contributed by atoms with Crippen LogP contribution in [0.2, 0.25) is 0 Å². The first-order chi connectivity index (χ1) is 8.56. The molecule has 18 heavy (non-hydrogen) atoms. The Hall–Kier alpha value is -1.09. The van der Waals surface area contributed by atoms with Gasteiger partial charge in [-0.05, 0) is 32.9 Å². The maximum absolute atomic E-state index is 13.3. The average Bonchev–Trinajstić information content (AvgIpc) is 2.33. The van der Waals surface area contributed by atoms with Gasteiger partial charge in [-0.1, -0.05) is 31.9 Å². The molecule has 1 aromatic carbocycles. The molecule has 0 aliphatic rings. The van der Waals surface area contributed by atoms with Crippen molar-refractivity contribution in [3.05, 3.63) is 29.6 Å². The summed E-state index contributed by atoms with van der Waals surface area (Å²) in [5.41, 5.74) is 0.667. The van der Waals surface area contributed by atoms with Gasteiger partial charge in [-0.3, -0.25) is 4.90 Å². The van der Waals surface area contributed by atoms with Crippen molar-refractivity contribution in [1.29, 1.82) is 0 Å². The summed E-state index contributed by atoms with van der Waals surface area (Å²) in [7, 11) is 0. The number of nitrogens with zero attached hydrogens (tertiary/aromatic N) is 1. The summed E-state index contributed by atoms with van der Waals surface area (Å²) in [5, 5.41) is 9.70. The van der Waals surface area contributed by atoms with Crippen molar-refractivity contribution in [2.45, 2.75) is 52.6 Å². The molecule has 0 amide bonds. The Labute approximate surface area is 109 Å². The molecule has 0 aliphatic heterocycles. The lowest BCUT2D eigenvalue weighted by Gasteiger charge is -2.26. The minimum Gasteiger partial charge on any atom is -0.505 e. The van der Waals surface area contributed by atoms with Crippen molar-refractivity contribution in [3.8, 4) is 5.75 Å². The van der Waals surface area contributed by atoms with Crippen LogP contribution in [-0.4, -0.2) is 22.6 Å². The molecule has 0 atom stereocenters. The molecule has 102 valence electrons. The molecule has 0 bridgehead atoms. The highest BCUT2D eigenvalue weighted by molar-refractivity contribution is 5.33. The Balaban J connectivity index is 2.68. The van der Waals surface area contributed by atoms with Gasteiger partial charge in [0.25, 0.3) is 0 Å². The van der Waals surface area contributed by atoms with E-state index in [4.69, 9.17) is 0 Å². The molecule has 1 rings (SSSR count). The number of halogens is 1. The van der Waals surface area contributed by atoms with E-state index in [0.29, 0.717) is 18.2 Å². The largest absolute Gasteiger partial charge is 0.505 e. The number of aromatic hydroxyl groups is 1. The van der Waals surface area contributed by atoms with Gasteiger partial charge in [0.15, 0.2) is 11.6 Å². The van der Waals surface area contributed by atoms with Crippen LogP contribution in [0.5, 0.6) is 5.75 Å². The third-order valence-corrected chi connectivity index (χ3v) is 3.22. The SMILES string of the molecule is CCCCCN(Cc1cccc(F)c1O)C(C)C. The van der Waals surface area contributed by atoms with Gasteiger partial charge < -0.3 is 5.11 Å². The molecular formula is C15H24FNO. The zero-order chi connectivity index (χ0) is 13.5. The van der Waals surface area contributed by atoms with E-state index in [-0.39, 0.29) is 5.75 Å². The first-order valence-electron chi connectivity index (χ1n) is 6.76. The minimum absolute atomic E-state index is 0.210. The van der Waals surface area contributed by atoms with Crippen molar-refractivity contribution in [2.75, 3.05) is 6.54 Å². The molecule has 0 saturated heterocycles. The monoisotopic (exact) mass is 253 g/mol. The maximum Gasteiger partial charge on any atom is 0.165 e. The van der Waals surface area contributed by atoms with E-state index in [2.05, 4.69) is 25.7 Å². The average molecular weight is 253 g/mol. The topological polar surface area (TPSA) is 23.5 Å². The van der Waals surface area contributed by atoms with Crippen LogP contribution in [0.15, 0.2) is 18.2 Å². The molecule has 0 aromatic heterocycles. The molecular weight excluding hydrogens is 229 g/mol. The van der Waals surface area contributed by atoms with Crippen molar-refractivity contribution in [3.63, 3.8) is 0 Å². The van der Waals surface area contributed by atoms with Gasteiger partial charge in [-0.25, -0.2) is 4.39 Å². The predicted octanol–water partition coefficient (Wildman–Crippen LogP) is 3.93. The number of benzene rings is 1. The highest BCUT2D eigenvalue weighted by Gasteiger charge is 2.13. The molecule has 0 heterocycles. The summed E-state index contributed by atoms with van der Waals surface area (Å²) in [5.74, 6) is -0.747. The van der Waals surface area contributed by atoms with Crippen LogP contribution in [0.25, 0.3) is 0 Å². The molecule has 1 aromatic rings. The van der Waals surface area contributed by atoms with Crippen LogP contribution in [0, 0.1) is 5.82 Å². The van der Waals surface area contributed by atoms with Crippen LogP contribution in [0.1, 0.15) is 45.6 Å². The van der Waals surface area contributed by atoms with Crippen molar-refractivity contribution >= 4 is 0 Å². The van der Waals surface area contributed by atoms with E-state index >= 15 is 0 Å². The molecule has 0 spiro atoms. The van der Waals surface area contributed by atoms with E-state index in [1.165, 1.54) is 18.9 Å². The van der Waals surface area contributed by atoms with Gasteiger partial charge in [0.1, 0.15) is 0 Å². The van der Waals surface area contributed by atoms with Crippen molar-refractivity contribution in [1.82, 2.24) is 4.90 Å². The second-order valence-electron chi connectivity index (χ2n) is 5.02. The smallest absolute Gasteiger partial charge is 0.165 e. The summed E-state index contributed by atoms with van der Waals surface area (Å²) < 4.78 is 13.3. The van der Waals surface area contributed by atoms with Crippen LogP contribution in [0.3, 0.4) is 0 Å². The molecule has 0 radical (unpaired) electrons. The summed E-state index contributed by atoms with van der Waals surface area (Å²) in [6.45, 7) is 8.02. The van der Waals surface area contributed by atoms with E-state index < -0.39 is 5.82 Å². The lowest BCUT2D eigenvalue weighted by Crippen LogP contribution is -2.31. The first-order valence-corrected chi connectivity index (χ1v) is 6.76. The normalized spacial score (nSPS) is 11.4. The van der Waals surface area contributed by atoms with E-state index in [1.807, 2.05) is 0 Å². The lowest BCUT2D eigenvalue weighted by molar-refractivity contribution is 0.205. The predicted molar refractivity (Wildman–Crippen MR) is 73.1 cm³/mol. The van der Waals surface area contributed by atoms with Gasteiger partial charge in [-0.15, -0.1) is 0 Å². The molecule has 0 unspecified atom stereocenters. The highest BCUT2D eigenvalue weighted by Crippen LogP contribution is 2.23. The van der Waals surface area contributed by atoms with Crippen LogP contribution >= 0.6 is 0 Å². The highest BCUT2D eigenvalue weighted by atomic mass is 19.1. The maximum atomic E-state index is 13.3. The van der Waals surface area contributed by atoms with Crippen molar-refractivity contribution in [2.24, 2.45) is 0 Å². The second-order valence-corrected chi connectivity index (χ2v) is 5.02.